The third-order valence-corrected chi connectivity index (χ3v) is 5.07. The topological polar surface area (TPSA) is 38.7 Å². The number of alkyl halides is 6. The van der Waals surface area contributed by atoms with E-state index in [1.807, 2.05) is 0 Å². The summed E-state index contributed by atoms with van der Waals surface area (Å²) in [4.78, 5) is 0. The minimum atomic E-state index is -5.99. The van der Waals surface area contributed by atoms with Crippen molar-refractivity contribution in [1.82, 2.24) is 0 Å². The van der Waals surface area contributed by atoms with Crippen LogP contribution in [0, 0.1) is 0 Å². The maximum Gasteiger partial charge on any atom is 0.496 e. The Bertz CT molecular complexity index is 672. The van der Waals surface area contributed by atoms with Crippen molar-refractivity contribution in [3.63, 3.8) is 0 Å². The predicted octanol–water partition coefficient (Wildman–Crippen LogP) is 3.95. The number of benzene rings is 1. The highest BCUT2D eigenvalue weighted by Gasteiger charge is 2.71. The molecule has 3 nitrogen and oxygen atoms in total. The molecule has 1 saturated heterocycles. The number of aliphatic hydroxyl groups is 1. The van der Waals surface area contributed by atoms with Crippen molar-refractivity contribution in [2.24, 2.45) is 0 Å². The molecular formula is C15H16BClF6O3. The van der Waals surface area contributed by atoms with E-state index in [0.29, 0.717) is 12.1 Å². The molecule has 0 aromatic heterocycles. The fourth-order valence-corrected chi connectivity index (χ4v) is 2.67. The van der Waals surface area contributed by atoms with Crippen LogP contribution in [0.15, 0.2) is 18.2 Å². The lowest BCUT2D eigenvalue weighted by atomic mass is 9.77. The summed E-state index contributed by atoms with van der Waals surface area (Å²) in [7, 11) is -1.08. The molecule has 26 heavy (non-hydrogen) atoms. The van der Waals surface area contributed by atoms with Gasteiger partial charge in [0, 0.05) is 16.0 Å². The maximum atomic E-state index is 13.0. The van der Waals surface area contributed by atoms with Crippen LogP contribution in [0.2, 0.25) is 5.02 Å². The van der Waals surface area contributed by atoms with Crippen molar-refractivity contribution >= 4 is 24.2 Å². The van der Waals surface area contributed by atoms with Gasteiger partial charge in [-0.05, 0) is 33.8 Å². The molecule has 1 aliphatic rings. The molecule has 0 unspecified atom stereocenters. The molecule has 0 atom stereocenters. The van der Waals surface area contributed by atoms with E-state index in [0.717, 1.165) is 6.07 Å². The summed E-state index contributed by atoms with van der Waals surface area (Å²) in [6.45, 7) is 6.89. The van der Waals surface area contributed by atoms with Crippen LogP contribution in [0.3, 0.4) is 0 Å². The first-order valence-corrected chi connectivity index (χ1v) is 7.83. The molecule has 0 saturated carbocycles. The zero-order valence-corrected chi connectivity index (χ0v) is 15.0. The van der Waals surface area contributed by atoms with Crippen molar-refractivity contribution in [3.05, 3.63) is 28.8 Å². The van der Waals surface area contributed by atoms with E-state index < -0.39 is 46.9 Å². The third-order valence-electron chi connectivity index (χ3n) is 4.75. The maximum absolute atomic E-state index is 13.0. The van der Waals surface area contributed by atoms with Gasteiger partial charge in [-0.15, -0.1) is 0 Å². The molecule has 0 radical (unpaired) electrons. The van der Waals surface area contributed by atoms with Gasteiger partial charge in [0.1, 0.15) is 0 Å². The monoisotopic (exact) mass is 404 g/mol. The highest BCUT2D eigenvalue weighted by molar-refractivity contribution is 6.65. The number of hydrogen-bond acceptors (Lipinski definition) is 3. The van der Waals surface area contributed by atoms with Crippen molar-refractivity contribution in [2.75, 3.05) is 0 Å². The second kappa shape index (κ2) is 6.02. The lowest BCUT2D eigenvalue weighted by molar-refractivity contribution is -0.376. The largest absolute Gasteiger partial charge is 0.496 e. The lowest BCUT2D eigenvalue weighted by Crippen LogP contribution is -2.54. The van der Waals surface area contributed by atoms with E-state index in [-0.39, 0.29) is 5.46 Å². The zero-order valence-electron chi connectivity index (χ0n) is 14.2. The van der Waals surface area contributed by atoms with E-state index in [1.54, 1.807) is 27.7 Å². The summed E-state index contributed by atoms with van der Waals surface area (Å²) in [5.41, 5.74) is -7.99. The van der Waals surface area contributed by atoms with Crippen LogP contribution >= 0.6 is 11.6 Å². The predicted molar refractivity (Wildman–Crippen MR) is 83.2 cm³/mol. The Hall–Kier alpha value is -0.965. The molecule has 1 aromatic carbocycles. The fourth-order valence-electron chi connectivity index (χ4n) is 2.40. The second-order valence-corrected chi connectivity index (χ2v) is 7.44. The van der Waals surface area contributed by atoms with Gasteiger partial charge in [-0.2, -0.15) is 26.3 Å². The molecule has 0 spiro atoms. The van der Waals surface area contributed by atoms with Crippen molar-refractivity contribution in [2.45, 2.75) is 56.9 Å². The number of halogens is 7. The third kappa shape index (κ3) is 3.21. The van der Waals surface area contributed by atoms with Crippen molar-refractivity contribution in [1.29, 1.82) is 0 Å². The van der Waals surface area contributed by atoms with Gasteiger partial charge in [0.15, 0.2) is 0 Å². The molecular weight excluding hydrogens is 388 g/mol. The minimum Gasteiger partial charge on any atom is -0.399 e. The van der Waals surface area contributed by atoms with Crippen LogP contribution in [0.1, 0.15) is 33.3 Å². The number of rotatable bonds is 2. The van der Waals surface area contributed by atoms with Gasteiger partial charge in [0.25, 0.3) is 5.60 Å². The Kier molecular flexibility index (Phi) is 4.94. The summed E-state index contributed by atoms with van der Waals surface area (Å²) >= 11 is 5.90. The normalized spacial score (nSPS) is 20.5. The molecule has 1 aromatic rings. The quantitative estimate of drug-likeness (QED) is 0.599. The molecule has 2 rings (SSSR count). The summed E-state index contributed by atoms with van der Waals surface area (Å²) in [5, 5.41) is 8.98. The standard InChI is InChI=1S/C15H16BClF6O3/c1-11(2)12(3,4)26-16(25-11)9-6-5-8(7-10(9)17)13(24,14(18,19)20)15(21,22)23/h5-7,24H,1-4H3. The zero-order chi connectivity index (χ0) is 20.3. The Labute approximate surface area is 151 Å². The van der Waals surface area contributed by atoms with E-state index in [2.05, 4.69) is 0 Å². The first kappa shape index (κ1) is 21.3. The molecule has 0 aliphatic carbocycles. The summed E-state index contributed by atoms with van der Waals surface area (Å²) in [5.74, 6) is 0. The summed E-state index contributed by atoms with van der Waals surface area (Å²) in [6.07, 6.45) is -12.0. The van der Waals surface area contributed by atoms with E-state index >= 15 is 0 Å². The van der Waals surface area contributed by atoms with E-state index in [1.165, 1.54) is 0 Å². The molecule has 1 N–H and O–H groups in total. The van der Waals surface area contributed by atoms with Gasteiger partial charge in [-0.1, -0.05) is 23.7 Å². The molecule has 11 heteroatoms. The average Bonchev–Trinajstić information content (AvgIpc) is 2.63. The average molecular weight is 405 g/mol. The minimum absolute atomic E-state index is 0.0563. The van der Waals surface area contributed by atoms with Gasteiger partial charge in [-0.25, -0.2) is 0 Å². The Balaban J connectivity index is 2.48. The smallest absolute Gasteiger partial charge is 0.399 e. The van der Waals surface area contributed by atoms with Crippen LogP contribution in [0.5, 0.6) is 0 Å². The Morgan fingerprint density at radius 1 is 0.923 bits per heavy atom. The molecule has 146 valence electrons. The molecule has 1 aliphatic heterocycles. The Morgan fingerprint density at radius 2 is 1.35 bits per heavy atom. The van der Waals surface area contributed by atoms with Gasteiger partial charge >= 0.3 is 19.5 Å². The SMILES string of the molecule is CC1(C)OB(c2ccc(C(O)(C(F)(F)F)C(F)(F)F)cc2Cl)OC1(C)C. The molecule has 0 amide bonds. The van der Waals surface area contributed by atoms with Crippen LogP contribution in [-0.2, 0) is 14.9 Å². The summed E-state index contributed by atoms with van der Waals surface area (Å²) in [6, 6.07) is 1.85. The van der Waals surface area contributed by atoms with E-state index in [4.69, 9.17) is 20.9 Å². The van der Waals surface area contributed by atoms with Crippen molar-refractivity contribution < 1.29 is 40.8 Å². The highest BCUT2D eigenvalue weighted by Crippen LogP contribution is 2.50. The first-order chi connectivity index (χ1) is 11.4. The van der Waals surface area contributed by atoms with Gasteiger partial charge in [0.2, 0.25) is 0 Å². The van der Waals surface area contributed by atoms with Crippen LogP contribution in [-0.4, -0.2) is 35.8 Å². The van der Waals surface area contributed by atoms with Crippen molar-refractivity contribution in [3.8, 4) is 0 Å². The van der Waals surface area contributed by atoms with Gasteiger partial charge < -0.3 is 14.4 Å². The van der Waals surface area contributed by atoms with E-state index in [9.17, 15) is 31.4 Å². The second-order valence-electron chi connectivity index (χ2n) is 7.03. The molecule has 1 fully saturated rings. The molecule has 1 heterocycles. The highest BCUT2D eigenvalue weighted by atomic mass is 35.5. The van der Waals surface area contributed by atoms with Crippen LogP contribution in [0.4, 0.5) is 26.3 Å². The summed E-state index contributed by atoms with van der Waals surface area (Å²) < 4.78 is 89.1. The lowest BCUT2D eigenvalue weighted by Gasteiger charge is -2.33. The number of hydrogen-bond donors (Lipinski definition) is 1. The van der Waals surface area contributed by atoms with Gasteiger partial charge in [0.05, 0.1) is 11.2 Å². The van der Waals surface area contributed by atoms with Gasteiger partial charge in [-0.3, -0.25) is 0 Å². The molecule has 0 bridgehead atoms. The van der Waals surface area contributed by atoms with Crippen LogP contribution in [0.25, 0.3) is 0 Å². The first-order valence-electron chi connectivity index (χ1n) is 7.45. The van der Waals surface area contributed by atoms with Crippen LogP contribution < -0.4 is 5.46 Å². The Morgan fingerprint density at radius 3 is 1.69 bits per heavy atom. The fraction of sp³-hybridized carbons (Fsp3) is 0.600.